The van der Waals surface area contributed by atoms with Gasteiger partial charge in [-0.1, -0.05) is 23.7 Å². The maximum atomic E-state index is 13.4. The van der Waals surface area contributed by atoms with Crippen LogP contribution in [0.3, 0.4) is 0 Å². The number of amides is 1. The molecule has 0 bridgehead atoms. The van der Waals surface area contributed by atoms with Gasteiger partial charge in [0.25, 0.3) is 5.91 Å². The molecule has 2 aliphatic carbocycles. The van der Waals surface area contributed by atoms with E-state index in [1.807, 2.05) is 24.3 Å². The van der Waals surface area contributed by atoms with E-state index in [1.54, 1.807) is 20.8 Å². The minimum Gasteiger partial charge on any atom is -0.481 e. The molecule has 1 aromatic rings. The monoisotopic (exact) mass is 464 g/mol. The van der Waals surface area contributed by atoms with E-state index in [0.29, 0.717) is 37.3 Å². The van der Waals surface area contributed by atoms with Crippen molar-refractivity contribution in [2.45, 2.75) is 75.9 Å². The average Bonchev–Trinajstić information content (AvgIpc) is 3.51. The number of hydrogen-bond acceptors (Lipinski definition) is 5. The van der Waals surface area contributed by atoms with Gasteiger partial charge >= 0.3 is 11.9 Å². The maximum Gasteiger partial charge on any atom is 0.336 e. The molecule has 2 saturated carbocycles. The third-order valence-electron chi connectivity index (χ3n) is 6.73. The number of carboxylic acids is 1. The number of esters is 1. The highest BCUT2D eigenvalue weighted by molar-refractivity contribution is 6.30. The molecule has 0 radical (unpaired) electrons. The zero-order valence-electron chi connectivity index (χ0n) is 18.9. The summed E-state index contributed by atoms with van der Waals surface area (Å²) in [5, 5.41) is 12.9. The van der Waals surface area contributed by atoms with Crippen LogP contribution in [0.25, 0.3) is 0 Å². The van der Waals surface area contributed by atoms with Gasteiger partial charge in [0.05, 0.1) is 5.92 Å². The molecule has 1 atom stereocenters. The summed E-state index contributed by atoms with van der Waals surface area (Å²) in [6, 6.07) is 7.57. The quantitative estimate of drug-likeness (QED) is 0.420. The van der Waals surface area contributed by atoms with Crippen LogP contribution in [-0.4, -0.2) is 40.6 Å². The van der Waals surface area contributed by atoms with Crippen LogP contribution in [0.4, 0.5) is 0 Å². The van der Waals surface area contributed by atoms with Crippen molar-refractivity contribution < 1.29 is 24.2 Å². The Balaban J connectivity index is 1.77. The van der Waals surface area contributed by atoms with E-state index >= 15 is 0 Å². The standard InChI is InChI=1S/C24H33ClN2O5/c1-22(2,3)32-21(31)24(26,17-6-4-15(5-7-17)19(28)29)20(30)27-14-23(12-13-23)16-8-10-18(25)11-9-16/h8-11,15,17H,4-7,12-14,26H2,1-3H3,(H,27,30)(H,28,29)/t15-,17-,24?. The van der Waals surface area contributed by atoms with Crippen molar-refractivity contribution >= 4 is 29.4 Å². The normalized spacial score (nSPS) is 24.2. The average molecular weight is 465 g/mol. The molecule has 2 fully saturated rings. The number of hydrogen-bond donors (Lipinski definition) is 3. The highest BCUT2D eigenvalue weighted by Crippen LogP contribution is 2.48. The Morgan fingerprint density at radius 3 is 2.16 bits per heavy atom. The number of nitrogens with two attached hydrogens (primary N) is 1. The first-order chi connectivity index (χ1) is 14.9. The number of benzene rings is 1. The number of ether oxygens (including phenoxy) is 1. The molecule has 2 aliphatic rings. The first kappa shape index (κ1) is 24.5. The van der Waals surface area contributed by atoms with Gasteiger partial charge in [-0.25, -0.2) is 4.79 Å². The number of aliphatic carboxylic acids is 1. The Kier molecular flexibility index (Phi) is 6.91. The second kappa shape index (κ2) is 9.02. The third-order valence-corrected chi connectivity index (χ3v) is 6.98. The van der Waals surface area contributed by atoms with E-state index < -0.39 is 40.8 Å². The highest BCUT2D eigenvalue weighted by Gasteiger charge is 2.53. The molecule has 1 aromatic carbocycles. The number of halogens is 1. The van der Waals surface area contributed by atoms with E-state index in [1.165, 1.54) is 0 Å². The van der Waals surface area contributed by atoms with Crippen molar-refractivity contribution in [1.29, 1.82) is 0 Å². The molecule has 0 aliphatic heterocycles. The van der Waals surface area contributed by atoms with Gasteiger partial charge in [0, 0.05) is 17.0 Å². The van der Waals surface area contributed by atoms with Gasteiger partial charge in [-0.15, -0.1) is 0 Å². The molecule has 4 N–H and O–H groups in total. The topological polar surface area (TPSA) is 119 Å². The van der Waals surface area contributed by atoms with Crippen molar-refractivity contribution in [3.63, 3.8) is 0 Å². The van der Waals surface area contributed by atoms with Gasteiger partial charge in [0.2, 0.25) is 0 Å². The second-order valence-electron chi connectivity index (χ2n) is 10.2. The summed E-state index contributed by atoms with van der Waals surface area (Å²) in [6.45, 7) is 5.54. The van der Waals surface area contributed by atoms with Crippen LogP contribution < -0.4 is 11.1 Å². The molecule has 0 saturated heterocycles. The summed E-state index contributed by atoms with van der Waals surface area (Å²) >= 11 is 6.00. The Morgan fingerprint density at radius 2 is 1.69 bits per heavy atom. The molecule has 32 heavy (non-hydrogen) atoms. The zero-order chi connectivity index (χ0) is 23.7. The van der Waals surface area contributed by atoms with Crippen molar-refractivity contribution in [3.8, 4) is 0 Å². The number of carbonyl (C=O) groups excluding carboxylic acids is 2. The molecular weight excluding hydrogens is 432 g/mol. The van der Waals surface area contributed by atoms with Gasteiger partial charge in [-0.05, 0) is 82.9 Å². The number of carboxylic acid groups (broad SMARTS) is 1. The fourth-order valence-corrected chi connectivity index (χ4v) is 4.65. The first-order valence-electron chi connectivity index (χ1n) is 11.2. The van der Waals surface area contributed by atoms with Gasteiger partial charge in [0.15, 0.2) is 5.54 Å². The van der Waals surface area contributed by atoms with E-state index in [9.17, 15) is 19.5 Å². The lowest BCUT2D eigenvalue weighted by Crippen LogP contribution is -2.66. The maximum absolute atomic E-state index is 13.4. The molecular formula is C24H33ClN2O5. The molecule has 8 heteroatoms. The second-order valence-corrected chi connectivity index (χ2v) is 10.7. The van der Waals surface area contributed by atoms with Crippen LogP contribution in [0.2, 0.25) is 5.02 Å². The molecule has 3 rings (SSSR count). The molecule has 0 spiro atoms. The van der Waals surface area contributed by atoms with Gasteiger partial charge in [-0.3, -0.25) is 9.59 Å². The fourth-order valence-electron chi connectivity index (χ4n) is 4.52. The van der Waals surface area contributed by atoms with Gasteiger partial charge < -0.3 is 20.9 Å². The Bertz CT molecular complexity index is 867. The molecule has 0 aromatic heterocycles. The molecule has 0 heterocycles. The summed E-state index contributed by atoms with van der Waals surface area (Å²) in [5.41, 5.74) is 4.78. The number of rotatable bonds is 7. The van der Waals surface area contributed by atoms with Crippen LogP contribution in [-0.2, 0) is 24.5 Å². The summed E-state index contributed by atoms with van der Waals surface area (Å²) in [7, 11) is 0. The molecule has 1 unspecified atom stereocenters. The number of nitrogens with one attached hydrogen (secondary N) is 1. The van der Waals surface area contributed by atoms with Crippen LogP contribution >= 0.6 is 11.6 Å². The van der Waals surface area contributed by atoms with E-state index in [-0.39, 0.29) is 5.41 Å². The van der Waals surface area contributed by atoms with Crippen LogP contribution in [0.5, 0.6) is 0 Å². The van der Waals surface area contributed by atoms with E-state index in [4.69, 9.17) is 22.1 Å². The lowest BCUT2D eigenvalue weighted by molar-refractivity contribution is -0.168. The summed E-state index contributed by atoms with van der Waals surface area (Å²) in [6.07, 6.45) is 3.35. The van der Waals surface area contributed by atoms with Gasteiger partial charge in [-0.2, -0.15) is 0 Å². The first-order valence-corrected chi connectivity index (χ1v) is 11.5. The Hall–Kier alpha value is -2.12. The minimum absolute atomic E-state index is 0.184. The molecule has 176 valence electrons. The van der Waals surface area contributed by atoms with Crippen molar-refractivity contribution in [2.75, 3.05) is 6.54 Å². The van der Waals surface area contributed by atoms with Crippen molar-refractivity contribution in [3.05, 3.63) is 34.9 Å². The lowest BCUT2D eigenvalue weighted by Gasteiger charge is -2.39. The van der Waals surface area contributed by atoms with Crippen molar-refractivity contribution in [2.24, 2.45) is 17.6 Å². The molecule has 1 amide bonds. The summed E-state index contributed by atoms with van der Waals surface area (Å²) in [4.78, 5) is 37.9. The summed E-state index contributed by atoms with van der Waals surface area (Å²) < 4.78 is 5.54. The highest BCUT2D eigenvalue weighted by atomic mass is 35.5. The van der Waals surface area contributed by atoms with Crippen LogP contribution in [0.1, 0.15) is 64.9 Å². The summed E-state index contributed by atoms with van der Waals surface area (Å²) in [5.74, 6) is -3.15. The van der Waals surface area contributed by atoms with Crippen LogP contribution in [0.15, 0.2) is 24.3 Å². The van der Waals surface area contributed by atoms with Crippen molar-refractivity contribution in [1.82, 2.24) is 5.32 Å². The fraction of sp³-hybridized carbons (Fsp3) is 0.625. The third kappa shape index (κ3) is 5.26. The Labute approximate surface area is 194 Å². The van der Waals surface area contributed by atoms with E-state index in [0.717, 1.165) is 18.4 Å². The predicted molar refractivity (Wildman–Crippen MR) is 121 cm³/mol. The number of carbonyl (C=O) groups is 3. The van der Waals surface area contributed by atoms with Crippen LogP contribution in [0, 0.1) is 11.8 Å². The lowest BCUT2D eigenvalue weighted by atomic mass is 9.71. The largest absolute Gasteiger partial charge is 0.481 e. The SMILES string of the molecule is CC(C)(C)OC(=O)C(N)(C(=O)NCC1(c2ccc(Cl)cc2)CC1)[C@H]1CC[C@H](C(=O)O)CC1. The zero-order valence-corrected chi connectivity index (χ0v) is 19.7. The predicted octanol–water partition coefficient (Wildman–Crippen LogP) is 3.42. The Morgan fingerprint density at radius 1 is 1.12 bits per heavy atom. The van der Waals surface area contributed by atoms with E-state index in [2.05, 4.69) is 5.32 Å². The minimum atomic E-state index is -1.87. The smallest absolute Gasteiger partial charge is 0.336 e. The molecule has 7 nitrogen and oxygen atoms in total. The van der Waals surface area contributed by atoms with Gasteiger partial charge in [0.1, 0.15) is 5.60 Å².